The average Bonchev–Trinajstić information content (AvgIpc) is 2.76. The molecule has 1 aliphatic heterocycles. The van der Waals surface area contributed by atoms with Crippen LogP contribution in [0.5, 0.6) is 0 Å². The van der Waals surface area contributed by atoms with Gasteiger partial charge in [0.1, 0.15) is 6.04 Å². The van der Waals surface area contributed by atoms with E-state index in [0.717, 1.165) is 5.69 Å². The lowest BCUT2D eigenvalue weighted by molar-refractivity contribution is -0.143. The molecule has 0 saturated carbocycles. The maximum Gasteiger partial charge on any atom is 0.322 e. The molecule has 21 heavy (non-hydrogen) atoms. The minimum atomic E-state index is -0.834. The number of aryl methyl sites for hydroxylation is 2. The van der Waals surface area contributed by atoms with Crippen LogP contribution in [0, 0.1) is 6.92 Å². The Bertz CT molecular complexity index is 534. The fourth-order valence-corrected chi connectivity index (χ4v) is 2.39. The molecule has 2 amide bonds. The predicted molar refractivity (Wildman–Crippen MR) is 77.2 cm³/mol. The van der Waals surface area contributed by atoms with E-state index in [2.05, 4.69) is 10.4 Å². The maximum atomic E-state index is 12.2. The van der Waals surface area contributed by atoms with Gasteiger partial charge in [0.05, 0.1) is 11.4 Å². The number of aromatic nitrogens is 2. The zero-order valence-corrected chi connectivity index (χ0v) is 12.5. The van der Waals surface area contributed by atoms with E-state index in [1.54, 1.807) is 29.7 Å². The van der Waals surface area contributed by atoms with Crippen molar-refractivity contribution in [2.45, 2.75) is 19.9 Å². The standard InChI is InChI=1S/C13H21N5O3/c1-9-11(8-16(3)15-9)14-13(21)18-6-4-17(5-7-18)10(2)12(19)20/h8,10H,4-7H2,1-3H3,(H,14,21)(H,19,20). The number of hydrogen-bond acceptors (Lipinski definition) is 4. The van der Waals surface area contributed by atoms with Gasteiger partial charge in [-0.3, -0.25) is 14.4 Å². The van der Waals surface area contributed by atoms with Crippen molar-refractivity contribution in [1.29, 1.82) is 0 Å². The van der Waals surface area contributed by atoms with Crippen LogP contribution in [0.4, 0.5) is 10.5 Å². The summed E-state index contributed by atoms with van der Waals surface area (Å²) in [6.07, 6.45) is 1.76. The summed E-state index contributed by atoms with van der Waals surface area (Å²) in [6.45, 7) is 5.66. The first-order valence-corrected chi connectivity index (χ1v) is 6.91. The average molecular weight is 295 g/mol. The molecule has 2 rings (SSSR count). The van der Waals surface area contributed by atoms with Crippen LogP contribution in [0.25, 0.3) is 0 Å². The van der Waals surface area contributed by atoms with Gasteiger partial charge >= 0.3 is 12.0 Å². The van der Waals surface area contributed by atoms with Gasteiger partial charge in [-0.2, -0.15) is 5.10 Å². The molecule has 0 aromatic carbocycles. The molecule has 1 aromatic heterocycles. The number of piperazine rings is 1. The molecule has 116 valence electrons. The largest absolute Gasteiger partial charge is 0.480 e. The number of urea groups is 1. The summed E-state index contributed by atoms with van der Waals surface area (Å²) in [5.74, 6) is -0.834. The van der Waals surface area contributed by atoms with Crippen LogP contribution in [0.1, 0.15) is 12.6 Å². The van der Waals surface area contributed by atoms with E-state index in [4.69, 9.17) is 5.11 Å². The monoisotopic (exact) mass is 295 g/mol. The van der Waals surface area contributed by atoms with Crippen LogP contribution in [0.15, 0.2) is 6.20 Å². The Hall–Kier alpha value is -2.09. The van der Waals surface area contributed by atoms with Gasteiger partial charge in [0.2, 0.25) is 0 Å². The molecule has 1 aromatic rings. The number of nitrogens with one attached hydrogen (secondary N) is 1. The minimum Gasteiger partial charge on any atom is -0.480 e. The second-order valence-electron chi connectivity index (χ2n) is 5.27. The molecule has 8 heteroatoms. The van der Waals surface area contributed by atoms with Crippen molar-refractivity contribution in [1.82, 2.24) is 19.6 Å². The number of hydrogen-bond donors (Lipinski definition) is 2. The Balaban J connectivity index is 1.89. The zero-order valence-electron chi connectivity index (χ0n) is 12.5. The predicted octanol–water partition coefficient (Wildman–Crippen LogP) is 0.351. The highest BCUT2D eigenvalue weighted by atomic mass is 16.4. The van der Waals surface area contributed by atoms with Gasteiger partial charge in [-0.05, 0) is 13.8 Å². The molecule has 0 spiro atoms. The van der Waals surface area contributed by atoms with Crippen LogP contribution in [0.3, 0.4) is 0 Å². The first-order valence-electron chi connectivity index (χ1n) is 6.91. The van der Waals surface area contributed by atoms with E-state index < -0.39 is 12.0 Å². The van der Waals surface area contributed by atoms with Gasteiger partial charge < -0.3 is 15.3 Å². The molecule has 8 nitrogen and oxygen atoms in total. The third kappa shape index (κ3) is 3.52. The van der Waals surface area contributed by atoms with E-state index in [0.29, 0.717) is 31.9 Å². The summed E-state index contributed by atoms with van der Waals surface area (Å²) in [7, 11) is 1.80. The van der Waals surface area contributed by atoms with Gasteiger partial charge in [0.25, 0.3) is 0 Å². The van der Waals surface area contributed by atoms with Crippen molar-refractivity contribution < 1.29 is 14.7 Å². The smallest absolute Gasteiger partial charge is 0.322 e. The van der Waals surface area contributed by atoms with Crippen LogP contribution in [-0.2, 0) is 11.8 Å². The SMILES string of the molecule is Cc1nn(C)cc1NC(=O)N1CCN(C(C)C(=O)O)CC1. The number of amides is 2. The van der Waals surface area contributed by atoms with Crippen molar-refractivity contribution >= 4 is 17.7 Å². The van der Waals surface area contributed by atoms with Gasteiger partial charge in [-0.1, -0.05) is 0 Å². The number of carbonyl (C=O) groups is 2. The fourth-order valence-electron chi connectivity index (χ4n) is 2.39. The molecule has 1 fully saturated rings. The summed E-state index contributed by atoms with van der Waals surface area (Å²) < 4.78 is 1.65. The summed E-state index contributed by atoms with van der Waals surface area (Å²) in [5, 5.41) is 16.0. The maximum absolute atomic E-state index is 12.2. The van der Waals surface area contributed by atoms with Gasteiger partial charge in [0.15, 0.2) is 0 Å². The van der Waals surface area contributed by atoms with Gasteiger partial charge in [-0.15, -0.1) is 0 Å². The summed E-state index contributed by atoms with van der Waals surface area (Å²) in [6, 6.07) is -0.690. The molecule has 1 saturated heterocycles. The molecule has 0 aliphatic carbocycles. The Morgan fingerprint density at radius 2 is 1.95 bits per heavy atom. The van der Waals surface area contributed by atoms with Gasteiger partial charge in [-0.25, -0.2) is 4.79 Å². The molecule has 1 aliphatic rings. The molecule has 1 unspecified atom stereocenters. The number of aliphatic carboxylic acids is 1. The highest BCUT2D eigenvalue weighted by Gasteiger charge is 2.27. The number of rotatable bonds is 3. The molecule has 2 heterocycles. The quantitative estimate of drug-likeness (QED) is 0.840. The molecule has 0 bridgehead atoms. The van der Waals surface area contributed by atoms with Crippen LogP contribution in [0.2, 0.25) is 0 Å². The van der Waals surface area contributed by atoms with Crippen molar-refractivity contribution in [2.75, 3.05) is 31.5 Å². The van der Waals surface area contributed by atoms with Crippen molar-refractivity contribution in [3.05, 3.63) is 11.9 Å². The minimum absolute atomic E-state index is 0.172. The second kappa shape index (κ2) is 6.13. The van der Waals surface area contributed by atoms with E-state index in [-0.39, 0.29) is 6.03 Å². The molecular formula is C13H21N5O3. The fraction of sp³-hybridized carbons (Fsp3) is 0.615. The first kappa shape index (κ1) is 15.3. The molecule has 0 radical (unpaired) electrons. The Morgan fingerprint density at radius 1 is 1.33 bits per heavy atom. The number of carboxylic acids is 1. The number of anilines is 1. The van der Waals surface area contributed by atoms with Crippen molar-refractivity contribution in [2.24, 2.45) is 7.05 Å². The Labute approximate surface area is 123 Å². The third-order valence-corrected chi connectivity index (χ3v) is 3.76. The number of carbonyl (C=O) groups excluding carboxylic acids is 1. The van der Waals surface area contributed by atoms with Crippen molar-refractivity contribution in [3.63, 3.8) is 0 Å². The van der Waals surface area contributed by atoms with Crippen LogP contribution in [-0.4, -0.2) is 68.9 Å². The molecular weight excluding hydrogens is 274 g/mol. The summed E-state index contributed by atoms with van der Waals surface area (Å²) >= 11 is 0. The number of nitrogens with zero attached hydrogens (tertiary/aromatic N) is 4. The molecule has 1 atom stereocenters. The van der Waals surface area contributed by atoms with Crippen molar-refractivity contribution in [3.8, 4) is 0 Å². The zero-order chi connectivity index (χ0) is 15.6. The normalized spacial score (nSPS) is 17.6. The highest BCUT2D eigenvalue weighted by molar-refractivity contribution is 5.89. The van der Waals surface area contributed by atoms with E-state index in [9.17, 15) is 9.59 Å². The van der Waals surface area contributed by atoms with Crippen LogP contribution >= 0.6 is 0 Å². The van der Waals surface area contributed by atoms with E-state index in [1.165, 1.54) is 0 Å². The van der Waals surface area contributed by atoms with Crippen LogP contribution < -0.4 is 5.32 Å². The lowest BCUT2D eigenvalue weighted by Crippen LogP contribution is -2.53. The first-order chi connectivity index (χ1) is 9.88. The number of carboxylic acid groups (broad SMARTS) is 1. The Kier molecular flexibility index (Phi) is 4.46. The lowest BCUT2D eigenvalue weighted by Gasteiger charge is -2.36. The Morgan fingerprint density at radius 3 is 2.43 bits per heavy atom. The second-order valence-corrected chi connectivity index (χ2v) is 5.27. The summed E-state index contributed by atoms with van der Waals surface area (Å²) in [4.78, 5) is 26.7. The topological polar surface area (TPSA) is 90.7 Å². The van der Waals surface area contributed by atoms with E-state index in [1.807, 2.05) is 11.8 Å². The molecule has 2 N–H and O–H groups in total. The third-order valence-electron chi connectivity index (χ3n) is 3.76. The van der Waals surface area contributed by atoms with Gasteiger partial charge in [0, 0.05) is 39.4 Å². The summed E-state index contributed by atoms with van der Waals surface area (Å²) in [5.41, 5.74) is 1.47. The highest BCUT2D eigenvalue weighted by Crippen LogP contribution is 2.13. The lowest BCUT2D eigenvalue weighted by atomic mass is 10.2. The van der Waals surface area contributed by atoms with E-state index >= 15 is 0 Å².